The quantitative estimate of drug-likeness (QED) is 0.305. The summed E-state index contributed by atoms with van der Waals surface area (Å²) in [5.41, 5.74) is 0. The van der Waals surface area contributed by atoms with E-state index >= 15 is 0 Å². The van der Waals surface area contributed by atoms with Crippen molar-refractivity contribution < 1.29 is 0 Å². The van der Waals surface area contributed by atoms with Gasteiger partial charge in [0, 0.05) is 0 Å². The Bertz CT molecular complexity index is 21.5. The Kier molecular flexibility index (Phi) is 5.09. The van der Waals surface area contributed by atoms with Crippen molar-refractivity contribution in [3.63, 3.8) is 0 Å². The first-order chi connectivity index (χ1) is 2.91. The van der Waals surface area contributed by atoms with E-state index in [2.05, 4.69) is 17.3 Å². The van der Waals surface area contributed by atoms with Crippen LogP contribution in [-0.2, 0) is 0 Å². The van der Waals surface area contributed by atoms with Crippen molar-refractivity contribution in [2.45, 2.75) is 6.92 Å². The molecule has 0 aliphatic rings. The van der Waals surface area contributed by atoms with E-state index in [-0.39, 0.29) is 0 Å². The summed E-state index contributed by atoms with van der Waals surface area (Å²) in [5.74, 6) is 0. The van der Waals surface area contributed by atoms with Crippen LogP contribution in [0.25, 0.3) is 0 Å². The van der Waals surface area contributed by atoms with Gasteiger partial charge in [0.25, 0.3) is 7.55 Å². The zero-order valence-corrected chi connectivity index (χ0v) is 4.41. The lowest BCUT2D eigenvalue weighted by atomic mass is 10.1. The van der Waals surface area contributed by atoms with Crippen LogP contribution >= 0.6 is 0 Å². The van der Waals surface area contributed by atoms with Crippen LogP contribution in [-0.4, -0.2) is 22.1 Å². The molecule has 0 atom stereocenters. The summed E-state index contributed by atoms with van der Waals surface area (Å²) in [6.07, 6.45) is 0. The Labute approximate surface area is 40.4 Å². The van der Waals surface area contributed by atoms with Gasteiger partial charge in [-0.25, -0.2) is 0 Å². The van der Waals surface area contributed by atoms with Crippen LogP contribution in [0.1, 0.15) is 6.92 Å². The van der Waals surface area contributed by atoms with Gasteiger partial charge in [-0.1, -0.05) is 6.92 Å². The molecule has 0 bridgehead atoms. The molecule has 0 saturated carbocycles. The molecule has 4 heteroatoms. The average Bonchev–Trinajstić information content (AvgIpc) is 1.61. The van der Waals surface area contributed by atoms with Gasteiger partial charge in [0.05, 0.1) is 0 Å². The molecule has 0 aliphatic carbocycles. The van der Waals surface area contributed by atoms with Gasteiger partial charge in [0.1, 0.15) is 0 Å². The first kappa shape index (κ1) is 6.05. The van der Waals surface area contributed by atoms with E-state index in [1.165, 1.54) is 0 Å². The summed E-state index contributed by atoms with van der Waals surface area (Å²) in [7, 11) is 2.83. The van der Waals surface area contributed by atoms with E-state index in [0.29, 0.717) is 0 Å². The second-order valence-electron chi connectivity index (χ2n) is 1.13. The van der Waals surface area contributed by atoms with Crippen LogP contribution in [0.3, 0.4) is 0 Å². The average molecular weight is 83.7 g/mol. The van der Waals surface area contributed by atoms with Crippen molar-refractivity contribution in [2.75, 3.05) is 6.54 Å². The third-order valence-corrected chi connectivity index (χ3v) is 0.552. The predicted octanol–water partition coefficient (Wildman–Crippen LogP) is -2.00. The largest absolute Gasteiger partial charge is 0.393 e. The van der Waals surface area contributed by atoms with Crippen LogP contribution in [0, 0.1) is 0 Å². The lowest BCUT2D eigenvalue weighted by Gasteiger charge is -1.91. The van der Waals surface area contributed by atoms with Crippen LogP contribution in [0.4, 0.5) is 0 Å². The molecule has 0 unspecified atom stereocenters. The summed E-state index contributed by atoms with van der Waals surface area (Å²) in [6, 6.07) is 0. The molecule has 0 saturated heterocycles. The maximum absolute atomic E-state index is 3.09. The topological polar surface area (TPSA) is 24.1 Å². The highest BCUT2D eigenvalue weighted by molar-refractivity contribution is 6.39. The minimum atomic E-state index is 0.913. The maximum Gasteiger partial charge on any atom is 0.274 e. The van der Waals surface area contributed by atoms with Crippen molar-refractivity contribution in [1.29, 1.82) is 0 Å². The molecule has 0 spiro atoms. The maximum atomic E-state index is 3.09. The molecular weight excluding hydrogens is 73.7 g/mol. The predicted molar refractivity (Wildman–Crippen MR) is 32.5 cm³/mol. The minimum Gasteiger partial charge on any atom is -0.393 e. The second kappa shape index (κ2) is 5.05. The smallest absolute Gasteiger partial charge is 0.274 e. The lowest BCUT2D eigenvalue weighted by molar-refractivity contribution is 0.994. The van der Waals surface area contributed by atoms with Crippen LogP contribution < -0.4 is 10.4 Å². The van der Waals surface area contributed by atoms with E-state index in [0.717, 1.165) is 14.1 Å². The summed E-state index contributed by atoms with van der Waals surface area (Å²) in [6.45, 7) is 3.12. The molecule has 34 valence electrons. The van der Waals surface area contributed by atoms with E-state index in [4.69, 9.17) is 0 Å². The van der Waals surface area contributed by atoms with Crippen molar-refractivity contribution in [2.24, 2.45) is 0 Å². The molecule has 0 aromatic heterocycles. The highest BCUT2D eigenvalue weighted by Crippen LogP contribution is 1.40. The lowest BCUT2D eigenvalue weighted by Crippen LogP contribution is -2.30. The molecule has 0 radical (unpaired) electrons. The van der Waals surface area contributed by atoms with Crippen LogP contribution in [0.15, 0.2) is 0 Å². The van der Waals surface area contributed by atoms with Crippen LogP contribution in [0.5, 0.6) is 0 Å². The zero-order valence-electron chi connectivity index (χ0n) is 4.41. The fourth-order valence-electron chi connectivity index (χ4n) is 0.250. The molecule has 2 N–H and O–H groups in total. The van der Waals surface area contributed by atoms with E-state index in [1.54, 1.807) is 0 Å². The van der Waals surface area contributed by atoms with Gasteiger partial charge in [0.2, 0.25) is 0 Å². The second-order valence-corrected chi connectivity index (χ2v) is 1.13. The van der Waals surface area contributed by atoms with E-state index in [9.17, 15) is 0 Å². The molecule has 0 aromatic carbocycles. The number of hydrogen-bond acceptors (Lipinski definition) is 2. The van der Waals surface area contributed by atoms with Crippen molar-refractivity contribution in [1.82, 2.24) is 10.4 Å². The first-order valence-electron chi connectivity index (χ1n) is 2.27. The standard InChI is InChI=1S/C2H10B2N2/c1-2-5-4-6-3/h4-6H,2-3H2,1H3. The third kappa shape index (κ3) is 4.05. The highest BCUT2D eigenvalue weighted by atomic mass is 14.8. The summed E-state index contributed by atoms with van der Waals surface area (Å²) in [4.78, 5) is 0. The molecule has 0 amide bonds. The van der Waals surface area contributed by atoms with Crippen molar-refractivity contribution >= 4 is 15.5 Å². The van der Waals surface area contributed by atoms with Gasteiger partial charge < -0.3 is 10.4 Å². The first-order valence-corrected chi connectivity index (χ1v) is 2.27. The Morgan fingerprint density at radius 2 is 2.50 bits per heavy atom. The van der Waals surface area contributed by atoms with E-state index < -0.39 is 0 Å². The molecule has 0 heterocycles. The highest BCUT2D eigenvalue weighted by Gasteiger charge is 1.74. The Morgan fingerprint density at radius 1 is 1.83 bits per heavy atom. The summed E-state index contributed by atoms with van der Waals surface area (Å²) < 4.78 is 0. The van der Waals surface area contributed by atoms with Crippen molar-refractivity contribution in [3.05, 3.63) is 0 Å². The fourth-order valence-corrected chi connectivity index (χ4v) is 0.250. The minimum absolute atomic E-state index is 0.913. The summed E-state index contributed by atoms with van der Waals surface area (Å²) >= 11 is 0. The molecule has 2 nitrogen and oxygen atoms in total. The van der Waals surface area contributed by atoms with Crippen LogP contribution in [0.2, 0.25) is 0 Å². The SMILES string of the molecule is BNBNCC. The van der Waals surface area contributed by atoms with Gasteiger partial charge in [-0.2, -0.15) is 0 Å². The Hall–Kier alpha value is 0.0499. The molecule has 0 rings (SSSR count). The number of rotatable bonds is 3. The fraction of sp³-hybridized carbons (Fsp3) is 1.00. The molecular formula is C2H10B2N2. The van der Waals surface area contributed by atoms with E-state index in [1.807, 2.05) is 7.98 Å². The normalized spacial score (nSPS) is 8.17. The van der Waals surface area contributed by atoms with Crippen molar-refractivity contribution in [3.8, 4) is 0 Å². The molecule has 6 heavy (non-hydrogen) atoms. The van der Waals surface area contributed by atoms with Gasteiger partial charge >= 0.3 is 0 Å². The van der Waals surface area contributed by atoms with Gasteiger partial charge in [-0.15, -0.1) is 0 Å². The Balaban J connectivity index is 2.34. The summed E-state index contributed by atoms with van der Waals surface area (Å²) in [5, 5.41) is 6.04. The number of hydrogen-bond donors (Lipinski definition) is 2. The molecule has 0 aromatic rings. The molecule has 0 aliphatic heterocycles. The third-order valence-electron chi connectivity index (χ3n) is 0.552. The van der Waals surface area contributed by atoms with Gasteiger partial charge in [0.15, 0.2) is 7.98 Å². The van der Waals surface area contributed by atoms with Gasteiger partial charge in [-0.05, 0) is 6.54 Å². The van der Waals surface area contributed by atoms with Gasteiger partial charge in [-0.3, -0.25) is 0 Å². The monoisotopic (exact) mass is 84.1 g/mol. The zero-order chi connectivity index (χ0) is 4.83. The molecule has 0 fully saturated rings. The Morgan fingerprint density at radius 3 is 2.67 bits per heavy atom. The number of nitrogens with one attached hydrogen (secondary N) is 2.